The number of nitrogens with zero attached hydrogens (tertiary/aromatic N) is 2. The van der Waals surface area contributed by atoms with Crippen LogP contribution < -0.4 is 0 Å². The Morgan fingerprint density at radius 3 is 2.35 bits per heavy atom. The molecule has 0 N–H and O–H groups in total. The summed E-state index contributed by atoms with van der Waals surface area (Å²) in [6.07, 6.45) is -4.46. The van der Waals surface area contributed by atoms with Crippen LogP contribution >= 0.6 is 0 Å². The summed E-state index contributed by atoms with van der Waals surface area (Å²) in [6, 6.07) is 11.2. The van der Waals surface area contributed by atoms with Crippen LogP contribution in [0.15, 0.2) is 53.1 Å². The fourth-order valence-corrected chi connectivity index (χ4v) is 2.14. The first-order chi connectivity index (χ1) is 12.3. The Bertz CT molecular complexity index is 901. The first-order valence-corrected chi connectivity index (χ1v) is 7.57. The van der Waals surface area contributed by atoms with E-state index in [-0.39, 0.29) is 18.1 Å². The molecule has 0 saturated heterocycles. The molecule has 0 aliphatic carbocycles. The van der Waals surface area contributed by atoms with Crippen LogP contribution in [0.5, 0.6) is 0 Å². The summed E-state index contributed by atoms with van der Waals surface area (Å²) in [6.45, 7) is 1.67. The van der Waals surface area contributed by atoms with Crippen LogP contribution in [0.4, 0.5) is 13.2 Å². The van der Waals surface area contributed by atoms with Crippen molar-refractivity contribution in [2.24, 2.45) is 0 Å². The van der Waals surface area contributed by atoms with Crippen LogP contribution in [0, 0.1) is 6.92 Å². The van der Waals surface area contributed by atoms with Crippen LogP contribution in [-0.2, 0) is 17.5 Å². The van der Waals surface area contributed by atoms with E-state index in [9.17, 15) is 18.0 Å². The van der Waals surface area contributed by atoms with Crippen LogP contribution in [0.1, 0.15) is 27.4 Å². The average Bonchev–Trinajstić information content (AvgIpc) is 3.08. The molecule has 0 aliphatic heterocycles. The van der Waals surface area contributed by atoms with E-state index >= 15 is 0 Å². The maximum Gasteiger partial charge on any atom is 0.416 e. The highest BCUT2D eigenvalue weighted by Crippen LogP contribution is 2.29. The van der Waals surface area contributed by atoms with Crippen LogP contribution in [-0.4, -0.2) is 16.1 Å². The Morgan fingerprint density at radius 1 is 1.08 bits per heavy atom. The molecule has 0 atom stereocenters. The number of halogens is 3. The van der Waals surface area contributed by atoms with E-state index in [0.29, 0.717) is 5.82 Å². The Morgan fingerprint density at radius 2 is 1.73 bits per heavy atom. The van der Waals surface area contributed by atoms with Crippen LogP contribution in [0.3, 0.4) is 0 Å². The molecule has 3 rings (SSSR count). The van der Waals surface area contributed by atoms with Gasteiger partial charge in [-0.1, -0.05) is 35.0 Å². The number of benzene rings is 2. The largest absolute Gasteiger partial charge is 0.452 e. The Kier molecular flexibility index (Phi) is 4.75. The van der Waals surface area contributed by atoms with Gasteiger partial charge in [-0.3, -0.25) is 0 Å². The van der Waals surface area contributed by atoms with E-state index in [1.807, 2.05) is 31.2 Å². The number of hydrogen-bond donors (Lipinski definition) is 0. The van der Waals surface area contributed by atoms with Crippen molar-refractivity contribution in [1.82, 2.24) is 10.1 Å². The second kappa shape index (κ2) is 6.99. The number of alkyl halides is 3. The van der Waals surface area contributed by atoms with E-state index in [1.165, 1.54) is 0 Å². The van der Waals surface area contributed by atoms with Crippen molar-refractivity contribution in [1.29, 1.82) is 0 Å². The molecule has 0 unspecified atom stereocenters. The van der Waals surface area contributed by atoms with Crippen molar-refractivity contribution >= 4 is 5.97 Å². The van der Waals surface area contributed by atoms with Gasteiger partial charge in [-0.2, -0.15) is 18.2 Å². The smallest absolute Gasteiger partial charge is 0.416 e. The van der Waals surface area contributed by atoms with E-state index in [4.69, 9.17) is 9.26 Å². The molecule has 134 valence electrons. The molecule has 0 spiro atoms. The summed E-state index contributed by atoms with van der Waals surface area (Å²) in [5.41, 5.74) is 0.993. The highest BCUT2D eigenvalue weighted by Gasteiger charge is 2.30. The van der Waals surface area contributed by atoms with E-state index in [2.05, 4.69) is 10.1 Å². The molecule has 0 saturated carbocycles. The first kappa shape index (κ1) is 17.7. The number of hydrogen-bond acceptors (Lipinski definition) is 5. The molecule has 0 bridgehead atoms. The molecule has 8 heteroatoms. The molecule has 1 aromatic heterocycles. The summed E-state index contributed by atoms with van der Waals surface area (Å²) in [7, 11) is 0. The Labute approximate surface area is 146 Å². The monoisotopic (exact) mass is 362 g/mol. The summed E-state index contributed by atoms with van der Waals surface area (Å²) in [5.74, 6) is -0.347. The maximum atomic E-state index is 12.5. The molecule has 0 aliphatic rings. The SMILES string of the molecule is Cc1ccc(-c2noc(COC(=O)c3ccc(C(F)(F)F)cc3)n2)cc1. The molecule has 1 heterocycles. The van der Waals surface area contributed by atoms with E-state index < -0.39 is 17.7 Å². The van der Waals surface area contributed by atoms with E-state index in [0.717, 1.165) is 35.4 Å². The second-order valence-corrected chi connectivity index (χ2v) is 5.53. The van der Waals surface area contributed by atoms with Gasteiger partial charge < -0.3 is 9.26 Å². The standard InChI is InChI=1S/C18H13F3N2O3/c1-11-2-4-12(5-3-11)16-22-15(26-23-16)10-25-17(24)13-6-8-14(9-7-13)18(19,20)21/h2-9H,10H2,1H3. The number of aromatic nitrogens is 2. The van der Waals surface area contributed by atoms with Gasteiger partial charge in [0.05, 0.1) is 11.1 Å². The lowest BCUT2D eigenvalue weighted by Crippen LogP contribution is -2.08. The number of rotatable bonds is 4. The molecular weight excluding hydrogens is 349 g/mol. The van der Waals surface area contributed by atoms with Gasteiger partial charge in [0, 0.05) is 5.56 Å². The van der Waals surface area contributed by atoms with Crippen molar-refractivity contribution < 1.29 is 27.2 Å². The molecule has 26 heavy (non-hydrogen) atoms. The van der Waals surface area contributed by atoms with Gasteiger partial charge in [0.2, 0.25) is 5.82 Å². The Hall–Kier alpha value is -3.16. The van der Waals surface area contributed by atoms with Gasteiger partial charge in [-0.15, -0.1) is 0 Å². The van der Waals surface area contributed by atoms with Gasteiger partial charge in [0.1, 0.15) is 0 Å². The zero-order valence-corrected chi connectivity index (χ0v) is 13.6. The van der Waals surface area contributed by atoms with Crippen molar-refractivity contribution in [2.45, 2.75) is 19.7 Å². The molecular formula is C18H13F3N2O3. The molecule has 0 amide bonds. The second-order valence-electron chi connectivity index (χ2n) is 5.53. The van der Waals surface area contributed by atoms with Crippen LogP contribution in [0.25, 0.3) is 11.4 Å². The number of aryl methyl sites for hydroxylation is 1. The maximum absolute atomic E-state index is 12.5. The molecule has 0 fully saturated rings. The Balaban J connectivity index is 1.62. The fraction of sp³-hybridized carbons (Fsp3) is 0.167. The van der Waals surface area contributed by atoms with Crippen molar-refractivity contribution in [3.63, 3.8) is 0 Å². The number of carbonyl (C=O) groups is 1. The van der Waals surface area contributed by atoms with Crippen molar-refractivity contribution in [2.75, 3.05) is 0 Å². The zero-order chi connectivity index (χ0) is 18.7. The van der Waals surface area contributed by atoms with Gasteiger partial charge >= 0.3 is 12.1 Å². The minimum atomic E-state index is -4.46. The lowest BCUT2D eigenvalue weighted by Gasteiger charge is -2.07. The predicted molar refractivity (Wildman–Crippen MR) is 85.0 cm³/mol. The highest BCUT2D eigenvalue weighted by atomic mass is 19.4. The topological polar surface area (TPSA) is 65.2 Å². The quantitative estimate of drug-likeness (QED) is 0.643. The summed E-state index contributed by atoms with van der Waals surface area (Å²) in [5, 5.41) is 3.80. The molecule has 5 nitrogen and oxygen atoms in total. The molecule has 2 aromatic carbocycles. The van der Waals surface area contributed by atoms with E-state index in [1.54, 1.807) is 0 Å². The highest BCUT2D eigenvalue weighted by molar-refractivity contribution is 5.89. The summed E-state index contributed by atoms with van der Waals surface area (Å²) in [4.78, 5) is 16.0. The summed E-state index contributed by atoms with van der Waals surface area (Å²) >= 11 is 0. The minimum absolute atomic E-state index is 0.00345. The lowest BCUT2D eigenvalue weighted by molar-refractivity contribution is -0.137. The number of ether oxygens (including phenoxy) is 1. The van der Waals surface area contributed by atoms with Gasteiger partial charge in [0.15, 0.2) is 6.61 Å². The molecule has 0 radical (unpaired) electrons. The third-order valence-electron chi connectivity index (χ3n) is 3.55. The van der Waals surface area contributed by atoms with Crippen molar-refractivity contribution in [3.8, 4) is 11.4 Å². The molecule has 3 aromatic rings. The van der Waals surface area contributed by atoms with Gasteiger partial charge in [0.25, 0.3) is 5.89 Å². The normalized spacial score (nSPS) is 11.4. The van der Waals surface area contributed by atoms with Crippen LogP contribution in [0.2, 0.25) is 0 Å². The third-order valence-corrected chi connectivity index (χ3v) is 3.55. The number of esters is 1. The average molecular weight is 362 g/mol. The fourth-order valence-electron chi connectivity index (χ4n) is 2.14. The number of carbonyl (C=O) groups excluding carboxylic acids is 1. The lowest BCUT2D eigenvalue weighted by atomic mass is 10.1. The minimum Gasteiger partial charge on any atom is -0.452 e. The van der Waals surface area contributed by atoms with Gasteiger partial charge in [-0.05, 0) is 31.2 Å². The summed E-state index contributed by atoms with van der Waals surface area (Å²) < 4.78 is 47.5. The third kappa shape index (κ3) is 4.08. The van der Waals surface area contributed by atoms with Crippen molar-refractivity contribution in [3.05, 3.63) is 71.1 Å². The predicted octanol–water partition coefficient (Wildman–Crippen LogP) is 4.42. The first-order valence-electron chi connectivity index (χ1n) is 7.57. The van der Waals surface area contributed by atoms with Gasteiger partial charge in [-0.25, -0.2) is 4.79 Å². The zero-order valence-electron chi connectivity index (χ0n) is 13.6.